The molecule has 22 heavy (non-hydrogen) atoms. The van der Waals surface area contributed by atoms with Crippen molar-refractivity contribution in [3.8, 4) is 0 Å². The molecule has 1 aliphatic heterocycles. The summed E-state index contributed by atoms with van der Waals surface area (Å²) in [5.41, 5.74) is 3.30. The summed E-state index contributed by atoms with van der Waals surface area (Å²) < 4.78 is 11.9. The molecule has 3 heteroatoms. The third-order valence-electron chi connectivity index (χ3n) is 4.79. The fraction of sp³-hybridized carbons (Fsp3) is 0.368. The Morgan fingerprint density at radius 3 is 2.14 bits per heavy atom. The highest BCUT2D eigenvalue weighted by molar-refractivity contribution is 6.51. The maximum atomic E-state index is 5.97. The van der Waals surface area contributed by atoms with Gasteiger partial charge in [0.1, 0.15) is 0 Å². The Morgan fingerprint density at radius 1 is 0.955 bits per heavy atom. The van der Waals surface area contributed by atoms with E-state index in [2.05, 4.69) is 76.3 Å². The summed E-state index contributed by atoms with van der Waals surface area (Å²) in [5.74, 6) is 2.00. The molecule has 0 aromatic rings. The van der Waals surface area contributed by atoms with Crippen LogP contribution in [0.5, 0.6) is 0 Å². The zero-order chi connectivity index (χ0) is 15.8. The molecule has 3 rings (SSSR count). The highest BCUT2D eigenvalue weighted by atomic mass is 16.7. The first-order valence-corrected chi connectivity index (χ1v) is 7.87. The minimum absolute atomic E-state index is 0.278. The van der Waals surface area contributed by atoms with Crippen molar-refractivity contribution in [2.24, 2.45) is 0 Å². The molecule has 1 heterocycles. The number of hydrogen-bond acceptors (Lipinski definition) is 2. The number of allylic oxidation sites excluding steroid dienone is 11. The molecular weight excluding hydrogens is 271 g/mol. The van der Waals surface area contributed by atoms with E-state index in [1.54, 1.807) is 0 Å². The molecule has 2 aliphatic carbocycles. The van der Waals surface area contributed by atoms with Gasteiger partial charge in [-0.25, -0.2) is 0 Å². The predicted octanol–water partition coefficient (Wildman–Crippen LogP) is 4.48. The van der Waals surface area contributed by atoms with Crippen molar-refractivity contribution in [1.82, 2.24) is 0 Å². The lowest BCUT2D eigenvalue weighted by molar-refractivity contribution is 0.00578. The highest BCUT2D eigenvalue weighted by Gasteiger charge is 2.49. The van der Waals surface area contributed by atoms with Crippen LogP contribution in [0.4, 0.5) is 0 Å². The van der Waals surface area contributed by atoms with Crippen LogP contribution in [0.2, 0.25) is 0 Å². The molecule has 0 spiro atoms. The Bertz CT molecular complexity index is 612. The highest BCUT2D eigenvalue weighted by Crippen LogP contribution is 2.37. The van der Waals surface area contributed by atoms with Gasteiger partial charge in [0.05, 0.1) is 11.2 Å². The molecule has 0 saturated carbocycles. The van der Waals surface area contributed by atoms with Gasteiger partial charge < -0.3 is 9.31 Å². The normalized spacial score (nSPS) is 25.6. The van der Waals surface area contributed by atoms with Crippen molar-refractivity contribution in [1.29, 1.82) is 0 Å². The Morgan fingerprint density at radius 2 is 1.59 bits per heavy atom. The van der Waals surface area contributed by atoms with Crippen LogP contribution in [0, 0.1) is 0 Å². The molecule has 114 valence electrons. The van der Waals surface area contributed by atoms with Gasteiger partial charge in [-0.15, -0.1) is 0 Å². The lowest BCUT2D eigenvalue weighted by Gasteiger charge is -2.32. The van der Waals surface area contributed by atoms with Gasteiger partial charge in [0.2, 0.25) is 0 Å². The predicted molar refractivity (Wildman–Crippen MR) is 92.4 cm³/mol. The fourth-order valence-corrected chi connectivity index (χ4v) is 2.64. The van der Waals surface area contributed by atoms with Crippen LogP contribution in [0.25, 0.3) is 0 Å². The van der Waals surface area contributed by atoms with Gasteiger partial charge in [-0.3, -0.25) is 0 Å². The van der Waals surface area contributed by atoms with Gasteiger partial charge >= 0.3 is 7.12 Å². The van der Waals surface area contributed by atoms with Crippen LogP contribution in [0.3, 0.4) is 0 Å². The zero-order valence-corrected chi connectivity index (χ0v) is 13.8. The molecule has 0 aromatic carbocycles. The monoisotopic (exact) mass is 294 g/mol. The maximum absolute atomic E-state index is 5.97. The summed E-state index contributed by atoms with van der Waals surface area (Å²) in [4.78, 5) is 0. The van der Waals surface area contributed by atoms with Gasteiger partial charge in [-0.2, -0.15) is 0 Å². The third kappa shape index (κ3) is 2.97. The van der Waals surface area contributed by atoms with Gasteiger partial charge in [-0.05, 0) is 50.8 Å². The average molecular weight is 294 g/mol. The van der Waals surface area contributed by atoms with Crippen molar-refractivity contribution in [3.05, 3.63) is 71.3 Å². The van der Waals surface area contributed by atoms with E-state index >= 15 is 0 Å². The lowest BCUT2D eigenvalue weighted by atomic mass is 9.88. The second-order valence-electron chi connectivity index (χ2n) is 6.92. The summed E-state index contributed by atoms with van der Waals surface area (Å²) in [7, 11) is -0.278. The summed E-state index contributed by atoms with van der Waals surface area (Å²) in [6, 6.07) is 0. The van der Waals surface area contributed by atoms with Crippen molar-refractivity contribution in [2.45, 2.75) is 45.3 Å². The number of hydrogen-bond donors (Lipinski definition) is 0. The lowest BCUT2D eigenvalue weighted by Crippen LogP contribution is -2.41. The molecule has 0 atom stereocenters. The first kappa shape index (κ1) is 15.3. The summed E-state index contributed by atoms with van der Waals surface area (Å²) in [5, 5.41) is 0. The molecule has 0 radical (unpaired) electrons. The van der Waals surface area contributed by atoms with Crippen LogP contribution in [-0.2, 0) is 9.31 Å². The van der Waals surface area contributed by atoms with Crippen molar-refractivity contribution >= 4 is 7.12 Å². The third-order valence-corrected chi connectivity index (χ3v) is 4.79. The van der Waals surface area contributed by atoms with Gasteiger partial charge in [0, 0.05) is 0 Å². The summed E-state index contributed by atoms with van der Waals surface area (Å²) in [6.07, 6.45) is 18.1. The quantitative estimate of drug-likeness (QED) is 0.699. The van der Waals surface area contributed by atoms with E-state index in [0.717, 1.165) is 6.42 Å². The topological polar surface area (TPSA) is 18.5 Å². The van der Waals surface area contributed by atoms with Crippen LogP contribution < -0.4 is 0 Å². The van der Waals surface area contributed by atoms with E-state index in [9.17, 15) is 0 Å². The summed E-state index contributed by atoms with van der Waals surface area (Å²) >= 11 is 0. The van der Waals surface area contributed by atoms with E-state index in [1.807, 2.05) is 5.98 Å². The molecule has 3 aliphatic rings. The average Bonchev–Trinajstić information content (AvgIpc) is 3.04. The zero-order valence-electron chi connectivity index (χ0n) is 13.8. The van der Waals surface area contributed by atoms with E-state index in [4.69, 9.17) is 9.31 Å². The second-order valence-corrected chi connectivity index (χ2v) is 6.92. The van der Waals surface area contributed by atoms with E-state index in [0.29, 0.717) is 0 Å². The van der Waals surface area contributed by atoms with Crippen LogP contribution in [-0.4, -0.2) is 18.3 Å². The molecule has 0 N–H and O–H groups in total. The van der Waals surface area contributed by atoms with Crippen molar-refractivity contribution < 1.29 is 9.31 Å². The standard InChI is InChI=1S/C19H23BO2/c1-18(2)19(3,4)22-20(21-18)14-13-15-9-11-17(12-10-15)16-7-5-6-8-16/h5-11,13-14H,12H2,1-4H3/b14-13+. The Labute approximate surface area is 133 Å². The Hall–Kier alpha value is -1.58. The molecule has 1 saturated heterocycles. The minimum atomic E-state index is -0.280. The fourth-order valence-electron chi connectivity index (χ4n) is 2.64. The van der Waals surface area contributed by atoms with Crippen LogP contribution in [0.1, 0.15) is 34.1 Å². The molecule has 1 fully saturated rings. The van der Waals surface area contributed by atoms with Gasteiger partial charge in [-0.1, -0.05) is 54.6 Å². The van der Waals surface area contributed by atoms with E-state index in [1.165, 1.54) is 16.7 Å². The first-order valence-electron chi connectivity index (χ1n) is 7.87. The maximum Gasteiger partial charge on any atom is 0.487 e. The number of rotatable bonds is 2. The largest absolute Gasteiger partial charge is 0.487 e. The molecule has 0 bridgehead atoms. The minimum Gasteiger partial charge on any atom is -0.400 e. The Balaban J connectivity index is 1.64. The van der Waals surface area contributed by atoms with Crippen molar-refractivity contribution in [3.63, 3.8) is 0 Å². The smallest absolute Gasteiger partial charge is 0.400 e. The summed E-state index contributed by atoms with van der Waals surface area (Å²) in [6.45, 7) is 8.28. The van der Waals surface area contributed by atoms with Crippen molar-refractivity contribution in [2.75, 3.05) is 0 Å². The van der Waals surface area contributed by atoms with Gasteiger partial charge in [0.15, 0.2) is 0 Å². The molecule has 2 nitrogen and oxygen atoms in total. The van der Waals surface area contributed by atoms with Crippen LogP contribution in [0.15, 0.2) is 71.3 Å². The van der Waals surface area contributed by atoms with Crippen LogP contribution >= 0.6 is 0 Å². The van der Waals surface area contributed by atoms with E-state index in [-0.39, 0.29) is 18.3 Å². The van der Waals surface area contributed by atoms with Gasteiger partial charge in [0.25, 0.3) is 0 Å². The molecular formula is C19H23BO2. The molecule has 0 amide bonds. The SMILES string of the molecule is CC1(C)OB(/C=C/C2=CCC(=C3C=CC=C3)C=C2)OC1(C)C. The van der Waals surface area contributed by atoms with E-state index < -0.39 is 0 Å². The Kier molecular flexibility index (Phi) is 3.88. The first-order chi connectivity index (χ1) is 10.4. The molecule has 0 unspecified atom stereocenters. The molecule has 0 aromatic heterocycles. The second kappa shape index (κ2) is 5.56.